The number of halogens is 1. The van der Waals surface area contributed by atoms with Gasteiger partial charge in [-0.05, 0) is 11.6 Å². The minimum Gasteiger partial charge on any atom is -0.350 e. The number of nitrogens with zero attached hydrogens (tertiary/aromatic N) is 1. The lowest BCUT2D eigenvalue weighted by Gasteiger charge is -2.21. The van der Waals surface area contributed by atoms with Crippen LogP contribution in [0.4, 0.5) is 0 Å². The molecule has 3 aromatic carbocycles. The molecule has 0 fully saturated rings. The number of rotatable bonds is 5. The Morgan fingerprint density at radius 3 is 2.03 bits per heavy atom. The molecular weight excluding hydrogens is 402 g/mol. The normalized spacial score (nSPS) is 18.8. The van der Waals surface area contributed by atoms with Gasteiger partial charge in [0.1, 0.15) is 0 Å². The lowest BCUT2D eigenvalue weighted by Crippen LogP contribution is -2.62. The van der Waals surface area contributed by atoms with Gasteiger partial charge in [0.2, 0.25) is 0 Å². The van der Waals surface area contributed by atoms with Crippen molar-refractivity contribution in [2.75, 3.05) is 0 Å². The fraction of sp³-hybridized carbons (Fsp3) is 0.0833. The Bertz CT molecular complexity index is 1260. The minimum atomic E-state index is -4.68. The molecule has 1 aliphatic rings. The molecule has 0 N–H and O–H groups in total. The largest absolute Gasteiger partial charge is 0.350 e. The molecule has 1 unspecified atom stereocenters. The average molecular weight is 420 g/mol. The predicted octanol–water partition coefficient (Wildman–Crippen LogP) is 1.91. The third-order valence-corrected chi connectivity index (χ3v) is 5.93. The highest BCUT2D eigenvalue weighted by Crippen LogP contribution is 2.66. The predicted molar refractivity (Wildman–Crippen MR) is 105 cm³/mol. The summed E-state index contributed by atoms with van der Waals surface area (Å²) in [5.41, 5.74) is 3.15. The van der Waals surface area contributed by atoms with E-state index in [2.05, 4.69) is 0 Å². The number of aromatic nitrogens is 1. The summed E-state index contributed by atoms with van der Waals surface area (Å²) in [6.07, 6.45) is 1.95. The van der Waals surface area contributed by atoms with Crippen LogP contribution in [-0.4, -0.2) is 4.57 Å². The number of fused-ring (bicyclic) bond motifs is 1. The van der Waals surface area contributed by atoms with Crippen molar-refractivity contribution in [2.45, 2.75) is 5.60 Å². The molecule has 0 aliphatic heterocycles. The van der Waals surface area contributed by atoms with Crippen LogP contribution in [0.25, 0.3) is 22.0 Å². The molecule has 5 rings (SSSR count). The highest BCUT2D eigenvalue weighted by atomic mass is 35.7. The van der Waals surface area contributed by atoms with Gasteiger partial charge in [-0.2, -0.15) is 14.0 Å². The number of hydrogen-bond acceptors (Lipinski definition) is 4. The van der Waals surface area contributed by atoms with Gasteiger partial charge in [0, 0.05) is 46.4 Å². The van der Waals surface area contributed by atoms with E-state index in [1.54, 1.807) is 24.3 Å². The summed E-state index contributed by atoms with van der Waals surface area (Å²) in [5, 5.41) is 0.963. The van der Waals surface area contributed by atoms with Gasteiger partial charge in [0.05, 0.1) is 14.5 Å². The van der Waals surface area contributed by atoms with Gasteiger partial charge >= 0.3 is 5.60 Å². The Morgan fingerprint density at radius 2 is 1.37 bits per heavy atom. The maximum atomic E-state index is 11.8. The number of benzene rings is 3. The van der Waals surface area contributed by atoms with Gasteiger partial charge in [-0.3, -0.25) is 0 Å². The molecule has 1 heterocycles. The summed E-state index contributed by atoms with van der Waals surface area (Å²) >= 11 is 0. The highest BCUT2D eigenvalue weighted by molar-refractivity contribution is 6.21. The number of aryl methyl sites for hydroxylation is 1. The molecule has 0 bridgehead atoms. The maximum absolute atomic E-state index is 11.8. The summed E-state index contributed by atoms with van der Waals surface area (Å²) < 4.78 is 42.8. The van der Waals surface area contributed by atoms with E-state index in [0.29, 0.717) is 16.7 Å². The van der Waals surface area contributed by atoms with Crippen LogP contribution in [0.1, 0.15) is 16.7 Å². The van der Waals surface area contributed by atoms with Gasteiger partial charge in [0.25, 0.3) is 0 Å². The molecular formula is C24H18ClNO4. The minimum absolute atomic E-state index is 0.596. The van der Waals surface area contributed by atoms with E-state index >= 15 is 0 Å². The van der Waals surface area contributed by atoms with E-state index in [1.165, 1.54) is 0 Å². The second-order valence-electron chi connectivity index (χ2n) is 7.29. The molecule has 0 radical (unpaired) electrons. The zero-order valence-corrected chi connectivity index (χ0v) is 16.9. The van der Waals surface area contributed by atoms with Crippen LogP contribution in [0.2, 0.25) is 0 Å². The van der Waals surface area contributed by atoms with Crippen molar-refractivity contribution in [3.8, 4) is 0 Å². The van der Waals surface area contributed by atoms with Crippen LogP contribution in [0.5, 0.6) is 0 Å². The first-order valence-corrected chi connectivity index (χ1v) is 10.7. The highest BCUT2D eigenvalue weighted by Gasteiger charge is 2.68. The second kappa shape index (κ2) is 6.80. The molecule has 5 nitrogen and oxygen atoms in total. The molecule has 0 saturated carbocycles. The molecule has 1 aromatic heterocycles. The SMILES string of the molecule is Cn1cc(C2=C(c3ccccc3)C2(O[Cl+3]([O-])([O-])[O-])c2ccccc2)c2ccccc21. The topological polar surface area (TPSA) is 83.3 Å². The number of para-hydroxylation sites is 1. The Hall–Kier alpha value is -2.93. The zero-order valence-electron chi connectivity index (χ0n) is 16.1. The van der Waals surface area contributed by atoms with Crippen molar-refractivity contribution in [1.82, 2.24) is 4.57 Å². The Labute approximate surface area is 175 Å². The fourth-order valence-electron chi connectivity index (χ4n) is 4.31. The smallest absolute Gasteiger partial charge is 0.300 e. The van der Waals surface area contributed by atoms with Crippen molar-refractivity contribution >= 4 is 22.0 Å². The first-order valence-electron chi connectivity index (χ1n) is 9.44. The molecule has 0 saturated heterocycles. The first kappa shape index (κ1) is 19.1. The number of hydrogen-bond donors (Lipinski definition) is 0. The first-order chi connectivity index (χ1) is 14.4. The quantitative estimate of drug-likeness (QED) is 0.494. The van der Waals surface area contributed by atoms with E-state index in [4.69, 9.17) is 4.29 Å². The third-order valence-electron chi connectivity index (χ3n) is 5.51. The van der Waals surface area contributed by atoms with E-state index in [0.717, 1.165) is 22.0 Å². The fourth-order valence-corrected chi connectivity index (χ4v) is 4.83. The molecule has 0 amide bonds. The summed E-state index contributed by atoms with van der Waals surface area (Å²) in [6, 6.07) is 26.3. The summed E-state index contributed by atoms with van der Waals surface area (Å²) in [7, 11) is -2.75. The lowest BCUT2D eigenvalue weighted by molar-refractivity contribution is -1.92. The van der Waals surface area contributed by atoms with Crippen LogP contribution in [0, 0.1) is 10.2 Å². The van der Waals surface area contributed by atoms with E-state index in [1.807, 2.05) is 78.5 Å². The van der Waals surface area contributed by atoms with E-state index in [9.17, 15) is 14.0 Å². The van der Waals surface area contributed by atoms with Crippen LogP contribution in [0.3, 0.4) is 0 Å². The summed E-state index contributed by atoms with van der Waals surface area (Å²) in [4.78, 5) is 0. The van der Waals surface area contributed by atoms with Crippen molar-refractivity contribution < 1.29 is 28.5 Å². The van der Waals surface area contributed by atoms with Crippen molar-refractivity contribution in [1.29, 1.82) is 0 Å². The molecule has 150 valence electrons. The van der Waals surface area contributed by atoms with Crippen LogP contribution >= 0.6 is 0 Å². The lowest BCUT2D eigenvalue weighted by atomic mass is 9.96. The summed E-state index contributed by atoms with van der Waals surface area (Å²) in [5.74, 6) is 0. The molecule has 30 heavy (non-hydrogen) atoms. The van der Waals surface area contributed by atoms with Gasteiger partial charge in [-0.25, -0.2) is 0 Å². The molecule has 1 atom stereocenters. The summed E-state index contributed by atoms with van der Waals surface area (Å²) in [6.45, 7) is 0. The molecule has 1 aliphatic carbocycles. The Morgan fingerprint density at radius 1 is 0.767 bits per heavy atom. The van der Waals surface area contributed by atoms with Crippen LogP contribution in [0.15, 0.2) is 91.1 Å². The van der Waals surface area contributed by atoms with Crippen molar-refractivity contribution in [3.05, 3.63) is 108 Å². The van der Waals surface area contributed by atoms with Crippen molar-refractivity contribution in [2.24, 2.45) is 7.05 Å². The van der Waals surface area contributed by atoms with Crippen LogP contribution in [-0.2, 0) is 16.9 Å². The molecule has 0 spiro atoms. The van der Waals surface area contributed by atoms with E-state index < -0.39 is 15.8 Å². The van der Waals surface area contributed by atoms with Gasteiger partial charge in [-0.15, -0.1) is 0 Å². The zero-order chi connectivity index (χ0) is 20.9. The van der Waals surface area contributed by atoms with Crippen molar-refractivity contribution in [3.63, 3.8) is 0 Å². The van der Waals surface area contributed by atoms with E-state index in [-0.39, 0.29) is 0 Å². The van der Waals surface area contributed by atoms with Gasteiger partial charge in [0.15, 0.2) is 0 Å². The average Bonchev–Trinajstić information content (AvgIpc) is 3.27. The Balaban J connectivity index is 1.80. The Kier molecular flexibility index (Phi) is 4.32. The molecule has 4 aromatic rings. The second-order valence-corrected chi connectivity index (χ2v) is 8.20. The maximum Gasteiger partial charge on any atom is 0.300 e. The van der Waals surface area contributed by atoms with Gasteiger partial charge in [-0.1, -0.05) is 78.9 Å². The standard InChI is InChI=1S/C24H18ClNO4/c1-26-16-20(19-14-8-9-15-21(19)26)23-22(17-10-4-2-5-11-17)24(23,30-25(27,28)29)18-12-6-3-7-13-18/h2-16H,1H3. The monoisotopic (exact) mass is 419 g/mol. The van der Waals surface area contributed by atoms with Gasteiger partial charge < -0.3 is 4.57 Å². The molecule has 6 heteroatoms. The van der Waals surface area contributed by atoms with Crippen LogP contribution < -0.4 is 14.0 Å². The third kappa shape index (κ3) is 2.96.